The number of ether oxygens (including phenoxy) is 6. The van der Waals surface area contributed by atoms with Crippen LogP contribution in [0.2, 0.25) is 0 Å². The van der Waals surface area contributed by atoms with Crippen molar-refractivity contribution in [3.8, 4) is 0 Å². The highest BCUT2D eigenvalue weighted by Crippen LogP contribution is 2.31. The van der Waals surface area contributed by atoms with Gasteiger partial charge in [-0.15, -0.1) is 0 Å². The summed E-state index contributed by atoms with van der Waals surface area (Å²) in [6.07, 6.45) is 25.4. The van der Waals surface area contributed by atoms with E-state index >= 15 is 0 Å². The van der Waals surface area contributed by atoms with Gasteiger partial charge in [0.15, 0.2) is 0 Å². The van der Waals surface area contributed by atoms with Crippen LogP contribution in [-0.2, 0) is 52.4 Å². The second-order valence-electron chi connectivity index (χ2n) is 15.8. The summed E-state index contributed by atoms with van der Waals surface area (Å²) in [5.41, 5.74) is 0.530. The molecule has 0 aromatic rings. The molecule has 0 radical (unpaired) electrons. The van der Waals surface area contributed by atoms with Crippen LogP contribution < -0.4 is 0 Å². The van der Waals surface area contributed by atoms with Crippen LogP contribution in [0.5, 0.6) is 0 Å². The second-order valence-corrected chi connectivity index (χ2v) is 15.8. The Labute approximate surface area is 337 Å². The van der Waals surface area contributed by atoms with E-state index < -0.39 is 24.1 Å². The predicted molar refractivity (Wildman–Crippen MR) is 216 cm³/mol. The molecule has 3 unspecified atom stereocenters. The van der Waals surface area contributed by atoms with Gasteiger partial charge >= 0.3 is 29.8 Å². The van der Waals surface area contributed by atoms with Crippen LogP contribution in [-0.4, -0.2) is 72.6 Å². The van der Waals surface area contributed by atoms with Crippen molar-refractivity contribution in [3.05, 3.63) is 23.8 Å². The molecule has 0 aromatic heterocycles. The lowest BCUT2D eigenvalue weighted by Crippen LogP contribution is -2.36. The number of rotatable bonds is 31. The van der Waals surface area contributed by atoms with Gasteiger partial charge in [-0.3, -0.25) is 19.2 Å². The summed E-state index contributed by atoms with van der Waals surface area (Å²) < 4.78 is 34.2. The van der Waals surface area contributed by atoms with E-state index in [-0.39, 0.29) is 48.4 Å². The van der Waals surface area contributed by atoms with Crippen LogP contribution in [0.3, 0.4) is 0 Å². The highest BCUT2D eigenvalue weighted by Gasteiger charge is 2.38. The molecule has 2 rings (SSSR count). The molecule has 0 spiro atoms. The van der Waals surface area contributed by atoms with Gasteiger partial charge in [0.05, 0.1) is 12.2 Å². The molecule has 0 saturated carbocycles. The summed E-state index contributed by atoms with van der Waals surface area (Å²) in [5.74, 6) is -1.89. The Morgan fingerprint density at radius 2 is 1.11 bits per heavy atom. The summed E-state index contributed by atoms with van der Waals surface area (Å²) in [6.45, 7) is 9.59. The first-order valence-corrected chi connectivity index (χ1v) is 21.8. The molecule has 0 bridgehead atoms. The zero-order valence-electron chi connectivity index (χ0n) is 35.5. The molecule has 0 aromatic carbocycles. The van der Waals surface area contributed by atoms with Gasteiger partial charge in [-0.2, -0.15) is 0 Å². The number of hydrogen-bond donors (Lipinski definition) is 0. The maximum absolute atomic E-state index is 12.2. The van der Waals surface area contributed by atoms with Crippen molar-refractivity contribution in [2.45, 2.75) is 232 Å². The first-order valence-electron chi connectivity index (χ1n) is 21.8. The Morgan fingerprint density at radius 3 is 1.64 bits per heavy atom. The van der Waals surface area contributed by atoms with Gasteiger partial charge in [-0.05, 0) is 90.0 Å². The molecule has 1 saturated heterocycles. The molecule has 1 fully saturated rings. The Hall–Kier alpha value is -3.21. The summed E-state index contributed by atoms with van der Waals surface area (Å²) in [7, 11) is 0. The van der Waals surface area contributed by atoms with Crippen LogP contribution in [0, 0.1) is 0 Å². The minimum absolute atomic E-state index is 0.283. The van der Waals surface area contributed by atoms with Crippen molar-refractivity contribution in [2.75, 3.05) is 0 Å². The van der Waals surface area contributed by atoms with E-state index in [2.05, 4.69) is 19.1 Å². The highest BCUT2D eigenvalue weighted by atomic mass is 16.6. The zero-order chi connectivity index (χ0) is 41.1. The Morgan fingerprint density at radius 1 is 0.625 bits per heavy atom. The van der Waals surface area contributed by atoms with Crippen LogP contribution in [0.25, 0.3) is 0 Å². The molecule has 2 aliphatic heterocycles. The van der Waals surface area contributed by atoms with Crippen molar-refractivity contribution < 1.29 is 52.4 Å². The van der Waals surface area contributed by atoms with Crippen LogP contribution >= 0.6 is 0 Å². The smallest absolute Gasteiger partial charge is 0.334 e. The van der Waals surface area contributed by atoms with E-state index in [1.54, 1.807) is 13.0 Å². The van der Waals surface area contributed by atoms with Crippen LogP contribution in [0.4, 0.5) is 0 Å². The Balaban J connectivity index is 1.81. The van der Waals surface area contributed by atoms with Crippen molar-refractivity contribution in [1.29, 1.82) is 0 Å². The van der Waals surface area contributed by atoms with Gasteiger partial charge in [0.2, 0.25) is 0 Å². The normalized spacial score (nSPS) is 20.2. The van der Waals surface area contributed by atoms with Crippen molar-refractivity contribution in [3.63, 3.8) is 0 Å². The van der Waals surface area contributed by atoms with Gasteiger partial charge in [0.1, 0.15) is 30.5 Å². The third kappa shape index (κ3) is 22.5. The summed E-state index contributed by atoms with van der Waals surface area (Å²) in [6, 6.07) is 0. The van der Waals surface area contributed by atoms with Crippen LogP contribution in [0.15, 0.2) is 23.8 Å². The summed E-state index contributed by atoms with van der Waals surface area (Å²) in [4.78, 5) is 60.0. The topological polar surface area (TPSA) is 141 Å². The summed E-state index contributed by atoms with van der Waals surface area (Å²) >= 11 is 0. The lowest BCUT2D eigenvalue weighted by molar-refractivity contribution is -0.165. The SMILES string of the molecule is CCCCCCCCCCCC/C=C\CC[C@H](OC(C)=O)[C@@H]1CC[C@@H]([C@H](CCC(CCCCCC(CC2=CC(C)OC2=O)OC(C)=O)OC(C)=O)OC(C)=O)O1. The predicted octanol–water partition coefficient (Wildman–Crippen LogP) is 9.90. The van der Waals surface area contributed by atoms with Crippen molar-refractivity contribution in [2.24, 2.45) is 0 Å². The lowest BCUT2D eigenvalue weighted by atomic mass is 9.98. The lowest BCUT2D eigenvalue weighted by Gasteiger charge is -2.27. The molecule has 11 nitrogen and oxygen atoms in total. The molecule has 320 valence electrons. The molecule has 11 heteroatoms. The molecule has 56 heavy (non-hydrogen) atoms. The average molecular weight is 791 g/mol. The molecule has 2 heterocycles. The minimum Gasteiger partial charge on any atom is -0.463 e. The van der Waals surface area contributed by atoms with E-state index in [1.165, 1.54) is 91.9 Å². The number of carbonyl (C=O) groups excluding carboxylic acids is 5. The standard InChI is InChI=1S/C45H74O11/c1-7-8-9-10-11-12-13-14-15-16-17-18-19-23-26-41(54-36(5)48)43-29-30-44(56-43)42(55-37(6)49)28-27-39(52-34(3)46)24-21-20-22-25-40(53-35(4)47)32-38-31-33(2)51-45(38)50/h18-19,31,33,39-44H,7-17,20-30,32H2,1-6H3/b19-18-/t33?,39?,40?,41-,42-,43-,44-/m0/s1. The Bertz CT molecular complexity index is 1230. The molecular formula is C45H74O11. The monoisotopic (exact) mass is 791 g/mol. The fourth-order valence-corrected chi connectivity index (χ4v) is 7.78. The van der Waals surface area contributed by atoms with Gasteiger partial charge in [0, 0.05) is 39.7 Å². The van der Waals surface area contributed by atoms with Crippen molar-refractivity contribution >= 4 is 29.8 Å². The van der Waals surface area contributed by atoms with Gasteiger partial charge in [-0.25, -0.2) is 4.79 Å². The summed E-state index contributed by atoms with van der Waals surface area (Å²) in [5, 5.41) is 0. The number of carbonyl (C=O) groups is 5. The largest absolute Gasteiger partial charge is 0.463 e. The molecule has 0 aliphatic carbocycles. The average Bonchev–Trinajstić information content (AvgIpc) is 3.74. The zero-order valence-corrected chi connectivity index (χ0v) is 35.5. The van der Waals surface area contributed by atoms with E-state index in [4.69, 9.17) is 28.4 Å². The van der Waals surface area contributed by atoms with Crippen LogP contribution in [0.1, 0.15) is 189 Å². The minimum atomic E-state index is -0.529. The third-order valence-electron chi connectivity index (χ3n) is 10.5. The Kier molecular flexibility index (Phi) is 25.4. The maximum atomic E-state index is 12.2. The first kappa shape index (κ1) is 48.9. The fraction of sp³-hybridized carbons (Fsp3) is 0.800. The number of cyclic esters (lactones) is 1. The molecule has 0 N–H and O–H groups in total. The molecular weight excluding hydrogens is 716 g/mol. The first-order chi connectivity index (χ1) is 26.9. The number of hydrogen-bond acceptors (Lipinski definition) is 11. The van der Waals surface area contributed by atoms with Gasteiger partial charge in [0.25, 0.3) is 0 Å². The number of unbranched alkanes of at least 4 members (excludes halogenated alkanes) is 12. The van der Waals surface area contributed by atoms with E-state index in [0.717, 1.165) is 32.1 Å². The van der Waals surface area contributed by atoms with E-state index in [9.17, 15) is 24.0 Å². The second kappa shape index (κ2) is 29.1. The fourth-order valence-electron chi connectivity index (χ4n) is 7.78. The third-order valence-corrected chi connectivity index (χ3v) is 10.5. The van der Waals surface area contributed by atoms with E-state index in [1.807, 2.05) is 0 Å². The quantitative estimate of drug-likeness (QED) is 0.0287. The molecule has 7 atom stereocenters. The highest BCUT2D eigenvalue weighted by molar-refractivity contribution is 5.91. The molecule has 0 amide bonds. The maximum Gasteiger partial charge on any atom is 0.334 e. The van der Waals surface area contributed by atoms with Gasteiger partial charge < -0.3 is 28.4 Å². The van der Waals surface area contributed by atoms with Crippen molar-refractivity contribution in [1.82, 2.24) is 0 Å². The van der Waals surface area contributed by atoms with E-state index in [0.29, 0.717) is 56.9 Å². The van der Waals surface area contributed by atoms with Gasteiger partial charge in [-0.1, -0.05) is 83.3 Å². The number of esters is 5. The number of allylic oxidation sites excluding steroid dienone is 2. The molecule has 2 aliphatic rings.